The zero-order chi connectivity index (χ0) is 10.7. The summed E-state index contributed by atoms with van der Waals surface area (Å²) in [6, 6.07) is 0. The van der Waals surface area contributed by atoms with Crippen LogP contribution in [0.15, 0.2) is 0 Å². The van der Waals surface area contributed by atoms with Gasteiger partial charge in [0.1, 0.15) is 5.01 Å². The van der Waals surface area contributed by atoms with Crippen molar-refractivity contribution in [3.05, 3.63) is 15.6 Å². The first kappa shape index (κ1) is 11.1. The first-order valence-corrected chi connectivity index (χ1v) is 6.77. The standard InChI is InChI=1S/C12H20N2S/c1-3-4-9-5-6-10-11(7-9)15-12(14-10)8-13-2/h9,13H,3-8H2,1-2H3. The van der Waals surface area contributed by atoms with Crippen LogP contribution in [-0.4, -0.2) is 12.0 Å². The van der Waals surface area contributed by atoms with E-state index in [9.17, 15) is 0 Å². The quantitative estimate of drug-likeness (QED) is 0.850. The molecule has 0 amide bonds. The van der Waals surface area contributed by atoms with Crippen molar-refractivity contribution in [2.45, 2.75) is 45.6 Å². The van der Waals surface area contributed by atoms with Gasteiger partial charge in [-0.3, -0.25) is 0 Å². The molecule has 2 nitrogen and oxygen atoms in total. The van der Waals surface area contributed by atoms with E-state index in [1.54, 1.807) is 4.88 Å². The van der Waals surface area contributed by atoms with E-state index in [0.29, 0.717) is 0 Å². The number of rotatable bonds is 4. The third kappa shape index (κ3) is 2.58. The molecule has 1 aromatic rings. The van der Waals surface area contributed by atoms with Crippen LogP contribution in [0.4, 0.5) is 0 Å². The summed E-state index contributed by atoms with van der Waals surface area (Å²) < 4.78 is 0. The Morgan fingerprint density at radius 3 is 3.13 bits per heavy atom. The number of aromatic nitrogens is 1. The maximum absolute atomic E-state index is 4.69. The van der Waals surface area contributed by atoms with Crippen LogP contribution < -0.4 is 5.32 Å². The lowest BCUT2D eigenvalue weighted by Crippen LogP contribution is -2.12. The van der Waals surface area contributed by atoms with Crippen molar-refractivity contribution in [2.75, 3.05) is 7.05 Å². The van der Waals surface area contributed by atoms with Crippen LogP contribution in [0.2, 0.25) is 0 Å². The van der Waals surface area contributed by atoms with Crippen LogP contribution in [0.5, 0.6) is 0 Å². The van der Waals surface area contributed by atoms with E-state index in [0.717, 1.165) is 12.5 Å². The molecule has 1 aromatic heterocycles. The predicted octanol–water partition coefficient (Wildman–Crippen LogP) is 2.77. The highest BCUT2D eigenvalue weighted by atomic mass is 32.1. The molecular weight excluding hydrogens is 204 g/mol. The molecule has 1 aliphatic rings. The van der Waals surface area contributed by atoms with E-state index in [1.165, 1.54) is 42.8 Å². The van der Waals surface area contributed by atoms with Gasteiger partial charge in [-0.2, -0.15) is 0 Å². The highest BCUT2D eigenvalue weighted by molar-refractivity contribution is 7.11. The summed E-state index contributed by atoms with van der Waals surface area (Å²) in [7, 11) is 1.99. The number of fused-ring (bicyclic) bond motifs is 1. The second-order valence-corrected chi connectivity index (χ2v) is 5.57. The van der Waals surface area contributed by atoms with Gasteiger partial charge < -0.3 is 5.32 Å². The van der Waals surface area contributed by atoms with Crippen molar-refractivity contribution in [1.29, 1.82) is 0 Å². The molecular formula is C12H20N2S. The van der Waals surface area contributed by atoms with Crippen LogP contribution in [0.25, 0.3) is 0 Å². The number of aryl methyl sites for hydroxylation is 1. The fourth-order valence-electron chi connectivity index (χ4n) is 2.38. The molecule has 1 heterocycles. The fourth-order valence-corrected chi connectivity index (χ4v) is 3.62. The molecule has 1 N–H and O–H groups in total. The molecule has 0 spiro atoms. The molecule has 1 unspecified atom stereocenters. The lowest BCUT2D eigenvalue weighted by molar-refractivity contribution is 0.423. The highest BCUT2D eigenvalue weighted by Gasteiger charge is 2.21. The Hall–Kier alpha value is -0.410. The van der Waals surface area contributed by atoms with Gasteiger partial charge in [0.2, 0.25) is 0 Å². The van der Waals surface area contributed by atoms with Crippen LogP contribution in [-0.2, 0) is 19.4 Å². The summed E-state index contributed by atoms with van der Waals surface area (Å²) in [6.07, 6.45) is 6.55. The molecule has 2 rings (SSSR count). The maximum Gasteiger partial charge on any atom is 0.107 e. The van der Waals surface area contributed by atoms with Gasteiger partial charge in [-0.15, -0.1) is 11.3 Å². The highest BCUT2D eigenvalue weighted by Crippen LogP contribution is 2.31. The van der Waals surface area contributed by atoms with Gasteiger partial charge in [0.15, 0.2) is 0 Å². The minimum Gasteiger partial charge on any atom is -0.314 e. The fraction of sp³-hybridized carbons (Fsp3) is 0.750. The Labute approximate surface area is 96.1 Å². The molecule has 1 aliphatic carbocycles. The van der Waals surface area contributed by atoms with Crippen LogP contribution >= 0.6 is 11.3 Å². The van der Waals surface area contributed by atoms with Crippen molar-refractivity contribution >= 4 is 11.3 Å². The zero-order valence-electron chi connectivity index (χ0n) is 9.68. The minimum atomic E-state index is 0.922. The summed E-state index contributed by atoms with van der Waals surface area (Å²) in [5.41, 5.74) is 1.39. The SMILES string of the molecule is CCCC1CCc2nc(CNC)sc2C1. The Morgan fingerprint density at radius 1 is 1.53 bits per heavy atom. The topological polar surface area (TPSA) is 24.9 Å². The first-order chi connectivity index (χ1) is 7.33. The summed E-state index contributed by atoms with van der Waals surface area (Å²) >= 11 is 1.92. The van der Waals surface area contributed by atoms with Gasteiger partial charge in [0.25, 0.3) is 0 Å². The van der Waals surface area contributed by atoms with E-state index in [1.807, 2.05) is 18.4 Å². The van der Waals surface area contributed by atoms with Crippen molar-refractivity contribution in [3.8, 4) is 0 Å². The smallest absolute Gasteiger partial charge is 0.107 e. The summed E-state index contributed by atoms with van der Waals surface area (Å²) in [6.45, 7) is 3.21. The lowest BCUT2D eigenvalue weighted by atomic mass is 9.88. The summed E-state index contributed by atoms with van der Waals surface area (Å²) in [5, 5.41) is 4.44. The molecule has 84 valence electrons. The molecule has 0 radical (unpaired) electrons. The monoisotopic (exact) mass is 224 g/mol. The van der Waals surface area contributed by atoms with Gasteiger partial charge in [0.05, 0.1) is 5.69 Å². The Balaban J connectivity index is 2.05. The van der Waals surface area contributed by atoms with Crippen molar-refractivity contribution in [1.82, 2.24) is 10.3 Å². The molecule has 0 saturated heterocycles. The van der Waals surface area contributed by atoms with Crippen LogP contribution in [0.3, 0.4) is 0 Å². The first-order valence-electron chi connectivity index (χ1n) is 5.95. The van der Waals surface area contributed by atoms with E-state index >= 15 is 0 Å². The molecule has 0 saturated carbocycles. The van der Waals surface area contributed by atoms with Crippen molar-refractivity contribution in [2.24, 2.45) is 5.92 Å². The van der Waals surface area contributed by atoms with Gasteiger partial charge in [-0.05, 0) is 32.2 Å². The molecule has 1 atom stereocenters. The van der Waals surface area contributed by atoms with E-state index < -0.39 is 0 Å². The number of nitrogens with zero attached hydrogens (tertiary/aromatic N) is 1. The Kier molecular flexibility index (Phi) is 3.76. The minimum absolute atomic E-state index is 0.922. The maximum atomic E-state index is 4.69. The van der Waals surface area contributed by atoms with Gasteiger partial charge >= 0.3 is 0 Å². The normalized spacial score (nSPS) is 20.3. The van der Waals surface area contributed by atoms with Crippen LogP contribution in [0.1, 0.15) is 41.8 Å². The van der Waals surface area contributed by atoms with Gasteiger partial charge in [-0.1, -0.05) is 19.8 Å². The molecule has 15 heavy (non-hydrogen) atoms. The molecule has 0 bridgehead atoms. The summed E-state index contributed by atoms with van der Waals surface area (Å²) in [4.78, 5) is 6.25. The molecule has 0 fully saturated rings. The lowest BCUT2D eigenvalue weighted by Gasteiger charge is -2.20. The number of hydrogen-bond acceptors (Lipinski definition) is 3. The second kappa shape index (κ2) is 5.08. The average Bonchev–Trinajstić information content (AvgIpc) is 2.60. The van der Waals surface area contributed by atoms with Crippen molar-refractivity contribution < 1.29 is 0 Å². The average molecular weight is 224 g/mol. The predicted molar refractivity (Wildman–Crippen MR) is 65.3 cm³/mol. The summed E-state index contributed by atoms with van der Waals surface area (Å²) in [5.74, 6) is 0.922. The second-order valence-electron chi connectivity index (χ2n) is 4.41. The Bertz CT molecular complexity index is 319. The number of nitrogens with one attached hydrogen (secondary N) is 1. The third-order valence-electron chi connectivity index (χ3n) is 3.11. The molecule has 0 aliphatic heterocycles. The number of hydrogen-bond donors (Lipinski definition) is 1. The van der Waals surface area contributed by atoms with E-state index in [-0.39, 0.29) is 0 Å². The van der Waals surface area contributed by atoms with Crippen molar-refractivity contribution in [3.63, 3.8) is 0 Å². The third-order valence-corrected chi connectivity index (χ3v) is 4.23. The Morgan fingerprint density at radius 2 is 2.40 bits per heavy atom. The van der Waals surface area contributed by atoms with Gasteiger partial charge in [-0.25, -0.2) is 4.98 Å². The number of thiazole rings is 1. The van der Waals surface area contributed by atoms with Gasteiger partial charge in [0, 0.05) is 11.4 Å². The zero-order valence-corrected chi connectivity index (χ0v) is 10.5. The molecule has 0 aromatic carbocycles. The molecule has 3 heteroatoms. The largest absolute Gasteiger partial charge is 0.314 e. The van der Waals surface area contributed by atoms with E-state index in [4.69, 9.17) is 4.98 Å². The van der Waals surface area contributed by atoms with E-state index in [2.05, 4.69) is 12.2 Å². The van der Waals surface area contributed by atoms with Crippen LogP contribution in [0, 0.1) is 5.92 Å².